The number of carbonyl (C=O) groups is 3. The van der Waals surface area contributed by atoms with Gasteiger partial charge in [0.05, 0.1) is 24.1 Å². The van der Waals surface area contributed by atoms with Gasteiger partial charge in [0.1, 0.15) is 5.82 Å². The van der Waals surface area contributed by atoms with Gasteiger partial charge in [-0.3, -0.25) is 19.3 Å². The van der Waals surface area contributed by atoms with Crippen LogP contribution >= 0.6 is 0 Å². The fourth-order valence-electron chi connectivity index (χ4n) is 4.30. The largest absolute Gasteiger partial charge is 0.315 e. The Morgan fingerprint density at radius 1 is 1.07 bits per heavy atom. The predicted octanol–water partition coefficient (Wildman–Crippen LogP) is 3.37. The van der Waals surface area contributed by atoms with Crippen LogP contribution in [-0.4, -0.2) is 33.6 Å². The number of nitrogens with zero attached hydrogens (tertiary/aromatic N) is 2. The number of hydrogen-bond acceptors (Lipinski definition) is 3. The average molecular weight is 380 g/mol. The van der Waals surface area contributed by atoms with E-state index in [4.69, 9.17) is 0 Å². The summed E-state index contributed by atoms with van der Waals surface area (Å²) >= 11 is 0. The molecular weight excluding hydrogens is 359 g/mol. The Labute approximate surface area is 162 Å². The molecule has 0 saturated carbocycles. The lowest BCUT2D eigenvalue weighted by Crippen LogP contribution is -2.36. The molecule has 4 rings (SSSR count). The Morgan fingerprint density at radius 3 is 2.29 bits per heavy atom. The number of hydrogen-bond donors (Lipinski definition) is 0. The number of imide groups is 1. The third kappa shape index (κ3) is 2.80. The first kappa shape index (κ1) is 18.3. The molecule has 1 aliphatic heterocycles. The van der Waals surface area contributed by atoms with E-state index in [1.807, 2.05) is 12.2 Å². The first-order valence-corrected chi connectivity index (χ1v) is 9.37. The molecule has 0 spiro atoms. The van der Waals surface area contributed by atoms with E-state index in [1.54, 1.807) is 42.7 Å². The molecule has 144 valence electrons. The summed E-state index contributed by atoms with van der Waals surface area (Å²) in [6.45, 7) is 3.26. The number of carbonyl (C=O) groups excluding carboxylic acids is 3. The number of aryl methyl sites for hydroxylation is 1. The Bertz CT molecular complexity index is 995. The van der Waals surface area contributed by atoms with E-state index in [2.05, 4.69) is 0 Å². The van der Waals surface area contributed by atoms with Crippen LogP contribution in [0.25, 0.3) is 5.69 Å². The van der Waals surface area contributed by atoms with Crippen LogP contribution in [0.4, 0.5) is 4.39 Å². The van der Waals surface area contributed by atoms with E-state index in [0.717, 1.165) is 4.90 Å². The highest BCUT2D eigenvalue weighted by atomic mass is 19.1. The molecule has 0 N–H and O–H groups in total. The Balaban J connectivity index is 1.62. The van der Waals surface area contributed by atoms with Crippen molar-refractivity contribution in [2.45, 2.75) is 26.7 Å². The molecule has 0 radical (unpaired) electrons. The van der Waals surface area contributed by atoms with E-state index in [-0.39, 0.29) is 41.8 Å². The minimum atomic E-state index is -0.384. The van der Waals surface area contributed by atoms with Crippen molar-refractivity contribution in [3.8, 4) is 5.69 Å². The van der Waals surface area contributed by atoms with Gasteiger partial charge in [-0.05, 0) is 44.9 Å². The van der Waals surface area contributed by atoms with Crippen molar-refractivity contribution in [1.82, 2.24) is 9.47 Å². The van der Waals surface area contributed by atoms with Gasteiger partial charge in [0.25, 0.3) is 0 Å². The molecule has 2 atom stereocenters. The topological polar surface area (TPSA) is 59.4 Å². The maximum absolute atomic E-state index is 14.2. The van der Waals surface area contributed by atoms with Crippen LogP contribution in [0.15, 0.2) is 42.5 Å². The van der Waals surface area contributed by atoms with Crippen molar-refractivity contribution in [2.75, 3.05) is 6.54 Å². The molecule has 2 aromatic rings. The zero-order chi connectivity index (χ0) is 20.0. The quantitative estimate of drug-likeness (QED) is 0.464. The zero-order valence-corrected chi connectivity index (χ0v) is 15.8. The monoisotopic (exact) mass is 380 g/mol. The maximum Gasteiger partial charge on any atom is 0.233 e. The van der Waals surface area contributed by atoms with Crippen molar-refractivity contribution < 1.29 is 18.8 Å². The molecule has 28 heavy (non-hydrogen) atoms. The second kappa shape index (κ2) is 6.86. The number of Topliss-reactive ketones (excluding diaryl/α,β-unsaturated/α-hetero) is 1. The van der Waals surface area contributed by atoms with Gasteiger partial charge in [0.15, 0.2) is 5.78 Å². The summed E-state index contributed by atoms with van der Waals surface area (Å²) < 4.78 is 15.9. The number of rotatable bonds is 4. The molecule has 5 nitrogen and oxygen atoms in total. The van der Waals surface area contributed by atoms with Gasteiger partial charge in [0, 0.05) is 17.0 Å². The lowest BCUT2D eigenvalue weighted by atomic mass is 9.85. The number of halogens is 1. The predicted molar refractivity (Wildman–Crippen MR) is 102 cm³/mol. The van der Waals surface area contributed by atoms with Crippen LogP contribution in [-0.2, 0) is 9.59 Å². The normalized spacial score (nSPS) is 21.3. The number of amides is 2. The zero-order valence-electron chi connectivity index (χ0n) is 15.8. The third-order valence-corrected chi connectivity index (χ3v) is 5.73. The first-order chi connectivity index (χ1) is 13.4. The van der Waals surface area contributed by atoms with Crippen LogP contribution < -0.4 is 0 Å². The van der Waals surface area contributed by atoms with E-state index in [9.17, 15) is 18.8 Å². The third-order valence-electron chi connectivity index (χ3n) is 5.73. The summed E-state index contributed by atoms with van der Waals surface area (Å²) in [5.41, 5.74) is 2.06. The van der Waals surface area contributed by atoms with Crippen LogP contribution in [0.2, 0.25) is 0 Å². The highest BCUT2D eigenvalue weighted by Gasteiger charge is 2.47. The Morgan fingerprint density at radius 2 is 1.68 bits per heavy atom. The summed E-state index contributed by atoms with van der Waals surface area (Å²) in [5, 5.41) is 0. The molecule has 1 fully saturated rings. The van der Waals surface area contributed by atoms with Gasteiger partial charge >= 0.3 is 0 Å². The smallest absolute Gasteiger partial charge is 0.233 e. The van der Waals surface area contributed by atoms with E-state index < -0.39 is 0 Å². The van der Waals surface area contributed by atoms with Gasteiger partial charge in [0.2, 0.25) is 11.8 Å². The van der Waals surface area contributed by atoms with E-state index >= 15 is 0 Å². The van der Waals surface area contributed by atoms with Gasteiger partial charge < -0.3 is 4.57 Å². The lowest BCUT2D eigenvalue weighted by molar-refractivity contribution is -0.139. The van der Waals surface area contributed by atoms with Gasteiger partial charge in [-0.25, -0.2) is 4.39 Å². The number of ketones is 1. The molecule has 2 unspecified atom stereocenters. The first-order valence-electron chi connectivity index (χ1n) is 9.37. The number of aromatic nitrogens is 1. The molecule has 1 aromatic heterocycles. The molecule has 1 saturated heterocycles. The molecule has 2 amide bonds. The highest BCUT2D eigenvalue weighted by molar-refractivity contribution is 6.10. The second-order valence-corrected chi connectivity index (χ2v) is 7.41. The van der Waals surface area contributed by atoms with Crippen LogP contribution in [0.3, 0.4) is 0 Å². The standard InChI is InChI=1S/C22H21FN2O3/c1-13-11-17(14(2)25(13)19-10-6-5-9-18(19)23)20(26)12-24-21(27)15-7-3-4-8-16(15)22(24)28/h3-6,9-11,15-16H,7-8,12H2,1-2H3. The molecular formula is C22H21FN2O3. The summed E-state index contributed by atoms with van der Waals surface area (Å²) in [4.78, 5) is 39.2. The molecule has 2 heterocycles. The second-order valence-electron chi connectivity index (χ2n) is 7.41. The molecule has 6 heteroatoms. The number of allylic oxidation sites excluding steroid dienone is 2. The van der Waals surface area contributed by atoms with E-state index in [1.165, 1.54) is 6.07 Å². The summed E-state index contributed by atoms with van der Waals surface area (Å²) in [6.07, 6.45) is 4.92. The Hall–Kier alpha value is -3.02. The van der Waals surface area contributed by atoms with Crippen molar-refractivity contribution in [1.29, 1.82) is 0 Å². The van der Waals surface area contributed by atoms with Gasteiger partial charge in [-0.15, -0.1) is 0 Å². The van der Waals surface area contributed by atoms with Crippen molar-refractivity contribution in [3.05, 3.63) is 65.3 Å². The highest BCUT2D eigenvalue weighted by Crippen LogP contribution is 2.35. The maximum atomic E-state index is 14.2. The number of likely N-dealkylation sites (tertiary alicyclic amines) is 1. The fourth-order valence-corrected chi connectivity index (χ4v) is 4.30. The summed E-state index contributed by atoms with van der Waals surface area (Å²) in [7, 11) is 0. The van der Waals surface area contributed by atoms with Crippen molar-refractivity contribution in [3.63, 3.8) is 0 Å². The molecule has 2 aliphatic rings. The number of benzene rings is 1. The minimum Gasteiger partial charge on any atom is -0.315 e. The summed E-state index contributed by atoms with van der Waals surface area (Å²) in [6, 6.07) is 8.04. The Kier molecular flexibility index (Phi) is 4.49. The molecule has 1 aliphatic carbocycles. The lowest BCUT2D eigenvalue weighted by Gasteiger charge is -2.14. The number of fused-ring (bicyclic) bond motifs is 1. The van der Waals surface area contributed by atoms with Crippen molar-refractivity contribution >= 4 is 17.6 Å². The fraction of sp³-hybridized carbons (Fsp3) is 0.318. The van der Waals surface area contributed by atoms with Crippen LogP contribution in [0, 0.1) is 31.5 Å². The minimum absolute atomic E-state index is 0.268. The van der Waals surface area contributed by atoms with Gasteiger partial charge in [-0.2, -0.15) is 0 Å². The SMILES string of the molecule is Cc1cc(C(=O)CN2C(=O)C3CC=CCC3C2=O)c(C)n1-c1ccccc1F. The van der Waals surface area contributed by atoms with Crippen LogP contribution in [0.1, 0.15) is 34.6 Å². The van der Waals surface area contributed by atoms with Gasteiger partial charge in [-0.1, -0.05) is 24.3 Å². The average Bonchev–Trinajstić information content (AvgIpc) is 3.11. The van der Waals surface area contributed by atoms with E-state index in [0.29, 0.717) is 35.5 Å². The van der Waals surface area contributed by atoms with Crippen LogP contribution in [0.5, 0.6) is 0 Å². The summed E-state index contributed by atoms with van der Waals surface area (Å²) in [5.74, 6) is -1.94. The van der Waals surface area contributed by atoms with Crippen molar-refractivity contribution in [2.24, 2.45) is 11.8 Å². The molecule has 0 bridgehead atoms. The number of para-hydroxylation sites is 1. The molecule has 1 aromatic carbocycles.